The van der Waals surface area contributed by atoms with E-state index in [2.05, 4.69) is 0 Å². The van der Waals surface area contributed by atoms with E-state index < -0.39 is 23.1 Å². The Morgan fingerprint density at radius 3 is 2.33 bits per heavy atom. The van der Waals surface area contributed by atoms with Crippen molar-refractivity contribution in [1.82, 2.24) is 0 Å². The fourth-order valence-corrected chi connectivity index (χ4v) is 2.70. The summed E-state index contributed by atoms with van der Waals surface area (Å²) in [6, 6.07) is 3.36. The third-order valence-corrected chi connectivity index (χ3v) is 3.73. The number of hydrogen-bond acceptors (Lipinski definition) is 1. The topological polar surface area (TPSA) is 37.3 Å². The first kappa shape index (κ1) is 13.2. The van der Waals surface area contributed by atoms with Crippen molar-refractivity contribution in [1.29, 1.82) is 0 Å². The lowest BCUT2D eigenvalue weighted by Gasteiger charge is -2.40. The van der Waals surface area contributed by atoms with Crippen LogP contribution in [0.25, 0.3) is 0 Å². The Kier molecular flexibility index (Phi) is 3.05. The number of carboxylic acids is 1. The highest BCUT2D eigenvalue weighted by Crippen LogP contribution is 2.50. The van der Waals surface area contributed by atoms with E-state index in [9.17, 15) is 23.1 Å². The molecule has 0 bridgehead atoms. The van der Waals surface area contributed by atoms with Gasteiger partial charge >= 0.3 is 12.1 Å². The maximum atomic E-state index is 12.9. The fourth-order valence-electron chi connectivity index (χ4n) is 2.35. The highest BCUT2D eigenvalue weighted by molar-refractivity contribution is 6.32. The molecule has 1 aromatic rings. The molecule has 2 rings (SSSR count). The molecule has 0 radical (unpaired) electrons. The van der Waals surface area contributed by atoms with E-state index in [1.807, 2.05) is 0 Å². The number of rotatable bonds is 2. The van der Waals surface area contributed by atoms with E-state index >= 15 is 0 Å². The van der Waals surface area contributed by atoms with Crippen LogP contribution in [-0.2, 0) is 16.4 Å². The number of benzene rings is 1. The molecular formula is C12H10ClF3O2. The van der Waals surface area contributed by atoms with Crippen molar-refractivity contribution in [2.45, 2.75) is 30.9 Å². The van der Waals surface area contributed by atoms with Gasteiger partial charge in [-0.15, -0.1) is 0 Å². The Hall–Kier alpha value is -1.23. The van der Waals surface area contributed by atoms with Gasteiger partial charge in [-0.2, -0.15) is 13.2 Å². The minimum atomic E-state index is -4.60. The summed E-state index contributed by atoms with van der Waals surface area (Å²) in [7, 11) is 0. The highest BCUT2D eigenvalue weighted by atomic mass is 35.5. The molecule has 0 amide bonds. The van der Waals surface area contributed by atoms with Crippen LogP contribution in [0.1, 0.15) is 30.4 Å². The Balaban J connectivity index is 2.66. The molecule has 0 spiro atoms. The van der Waals surface area contributed by atoms with Gasteiger partial charge in [-0.1, -0.05) is 24.1 Å². The average molecular weight is 279 g/mol. The van der Waals surface area contributed by atoms with Gasteiger partial charge in [0, 0.05) is 10.6 Å². The lowest BCUT2D eigenvalue weighted by Crippen LogP contribution is -2.44. The Labute approximate surface area is 106 Å². The zero-order chi connectivity index (χ0) is 13.6. The third kappa shape index (κ3) is 1.86. The summed E-state index contributed by atoms with van der Waals surface area (Å²) >= 11 is 5.81. The standard InChI is InChI=1S/C12H10ClF3O2/c13-8-4-1-3-7(12(14,15)16)9(8)11(10(17)18)5-2-6-11/h1,3-4H,2,5-6H2,(H,17,18). The van der Waals surface area contributed by atoms with Crippen molar-refractivity contribution in [2.24, 2.45) is 0 Å². The van der Waals surface area contributed by atoms with Gasteiger partial charge in [0.1, 0.15) is 0 Å². The first-order valence-electron chi connectivity index (χ1n) is 5.38. The van der Waals surface area contributed by atoms with Gasteiger partial charge in [0.2, 0.25) is 0 Å². The second-order valence-electron chi connectivity index (χ2n) is 4.40. The molecule has 98 valence electrons. The van der Waals surface area contributed by atoms with Crippen LogP contribution < -0.4 is 0 Å². The van der Waals surface area contributed by atoms with E-state index in [1.165, 1.54) is 12.1 Å². The van der Waals surface area contributed by atoms with Gasteiger partial charge in [-0.25, -0.2) is 0 Å². The van der Waals surface area contributed by atoms with E-state index in [1.54, 1.807) is 0 Å². The van der Waals surface area contributed by atoms with Crippen molar-refractivity contribution >= 4 is 17.6 Å². The molecule has 2 nitrogen and oxygen atoms in total. The van der Waals surface area contributed by atoms with E-state index in [-0.39, 0.29) is 23.4 Å². The van der Waals surface area contributed by atoms with Gasteiger partial charge in [-0.05, 0) is 25.0 Å². The summed E-state index contributed by atoms with van der Waals surface area (Å²) in [4.78, 5) is 11.3. The lowest BCUT2D eigenvalue weighted by atomic mass is 9.63. The Morgan fingerprint density at radius 1 is 1.33 bits per heavy atom. The zero-order valence-electron chi connectivity index (χ0n) is 9.22. The van der Waals surface area contributed by atoms with Crippen molar-refractivity contribution in [3.63, 3.8) is 0 Å². The molecule has 0 heterocycles. The molecule has 1 aliphatic carbocycles. The van der Waals surface area contributed by atoms with E-state index in [0.717, 1.165) is 6.07 Å². The highest BCUT2D eigenvalue weighted by Gasteiger charge is 2.51. The number of alkyl halides is 3. The number of hydrogen-bond donors (Lipinski definition) is 1. The molecule has 0 aliphatic heterocycles. The van der Waals surface area contributed by atoms with Gasteiger partial charge < -0.3 is 5.11 Å². The lowest BCUT2D eigenvalue weighted by molar-refractivity contribution is -0.149. The maximum Gasteiger partial charge on any atom is 0.416 e. The predicted molar refractivity (Wildman–Crippen MR) is 59.6 cm³/mol. The van der Waals surface area contributed by atoms with Crippen LogP contribution in [0, 0.1) is 0 Å². The summed E-state index contributed by atoms with van der Waals surface area (Å²) in [5.74, 6) is -1.24. The minimum Gasteiger partial charge on any atom is -0.481 e. The fraction of sp³-hybridized carbons (Fsp3) is 0.417. The molecule has 1 fully saturated rings. The van der Waals surface area contributed by atoms with Gasteiger partial charge in [0.05, 0.1) is 11.0 Å². The van der Waals surface area contributed by atoms with Crippen LogP contribution in [0.3, 0.4) is 0 Å². The molecular weight excluding hydrogens is 269 g/mol. The first-order chi connectivity index (χ1) is 8.29. The van der Waals surface area contributed by atoms with Gasteiger partial charge in [0.15, 0.2) is 0 Å². The maximum absolute atomic E-state index is 12.9. The molecule has 1 saturated carbocycles. The molecule has 1 N–H and O–H groups in total. The van der Waals surface area contributed by atoms with Crippen LogP contribution in [0.5, 0.6) is 0 Å². The van der Waals surface area contributed by atoms with Gasteiger partial charge in [0.25, 0.3) is 0 Å². The molecule has 0 unspecified atom stereocenters. The van der Waals surface area contributed by atoms with Crippen molar-refractivity contribution in [2.75, 3.05) is 0 Å². The Bertz CT molecular complexity index is 493. The van der Waals surface area contributed by atoms with Crippen LogP contribution in [0.15, 0.2) is 18.2 Å². The number of carbonyl (C=O) groups is 1. The quantitative estimate of drug-likeness (QED) is 0.892. The number of halogens is 4. The molecule has 18 heavy (non-hydrogen) atoms. The summed E-state index contributed by atoms with van der Waals surface area (Å²) in [6.07, 6.45) is -3.63. The van der Waals surface area contributed by atoms with Crippen LogP contribution in [0.2, 0.25) is 5.02 Å². The molecule has 1 aliphatic rings. The van der Waals surface area contributed by atoms with Gasteiger partial charge in [-0.3, -0.25) is 4.79 Å². The summed E-state index contributed by atoms with van der Waals surface area (Å²) in [6.45, 7) is 0. The van der Waals surface area contributed by atoms with E-state index in [4.69, 9.17) is 11.6 Å². The monoisotopic (exact) mass is 278 g/mol. The van der Waals surface area contributed by atoms with Crippen LogP contribution in [0.4, 0.5) is 13.2 Å². The van der Waals surface area contributed by atoms with E-state index in [0.29, 0.717) is 6.42 Å². The second-order valence-corrected chi connectivity index (χ2v) is 4.81. The number of aliphatic carboxylic acids is 1. The number of carboxylic acid groups (broad SMARTS) is 1. The van der Waals surface area contributed by atoms with Crippen molar-refractivity contribution in [3.05, 3.63) is 34.3 Å². The SMILES string of the molecule is O=C(O)C1(c2c(Cl)cccc2C(F)(F)F)CCC1. The zero-order valence-corrected chi connectivity index (χ0v) is 9.98. The summed E-state index contributed by atoms with van der Waals surface area (Å²) < 4.78 is 38.8. The largest absolute Gasteiger partial charge is 0.481 e. The second kappa shape index (κ2) is 4.16. The third-order valence-electron chi connectivity index (χ3n) is 3.41. The van der Waals surface area contributed by atoms with Crippen LogP contribution in [-0.4, -0.2) is 11.1 Å². The normalized spacial score (nSPS) is 18.2. The first-order valence-corrected chi connectivity index (χ1v) is 5.76. The minimum absolute atomic E-state index is 0.132. The van der Waals surface area contributed by atoms with Crippen molar-refractivity contribution < 1.29 is 23.1 Å². The molecule has 0 atom stereocenters. The molecule has 0 aromatic heterocycles. The smallest absolute Gasteiger partial charge is 0.416 e. The average Bonchev–Trinajstić information content (AvgIpc) is 2.16. The predicted octanol–water partition coefficient (Wildman–Crippen LogP) is 3.87. The molecule has 0 saturated heterocycles. The summed E-state index contributed by atoms with van der Waals surface area (Å²) in [5, 5.41) is 9.09. The van der Waals surface area contributed by atoms with Crippen molar-refractivity contribution in [3.8, 4) is 0 Å². The molecule has 1 aromatic carbocycles. The molecule has 6 heteroatoms. The van der Waals surface area contributed by atoms with Crippen LogP contribution >= 0.6 is 11.6 Å². The Morgan fingerprint density at radius 2 is 1.94 bits per heavy atom. The summed E-state index contributed by atoms with van der Waals surface area (Å²) in [5.41, 5.74) is -2.72.